The lowest BCUT2D eigenvalue weighted by molar-refractivity contribution is -0.137. The largest absolute Gasteiger partial charge is 0.406 e. The molecule has 1 N–H and O–H groups in total. The molecule has 3 aliphatic rings. The summed E-state index contributed by atoms with van der Waals surface area (Å²) in [5, 5.41) is 5.74. The third-order valence-electron chi connectivity index (χ3n) is 7.81. The summed E-state index contributed by atoms with van der Waals surface area (Å²) < 4.78 is 0. The minimum atomic E-state index is 0.389. The van der Waals surface area contributed by atoms with Gasteiger partial charge >= 0.3 is 0 Å². The normalized spacial score (nSPS) is 24.9. The SMILES string of the molecule is CC(C)c1ccccc1C1CN(Oc2ccccc2)CCN1C1CC2(CCNCC2)C1. The van der Waals surface area contributed by atoms with E-state index in [1.807, 2.05) is 18.2 Å². The fraction of sp³-hybridized carbons (Fsp3) is 0.556. The van der Waals surface area contributed by atoms with Crippen LogP contribution in [0.15, 0.2) is 54.6 Å². The third-order valence-corrected chi connectivity index (χ3v) is 7.81. The van der Waals surface area contributed by atoms with Crippen molar-refractivity contribution in [1.82, 2.24) is 15.3 Å². The molecule has 1 aliphatic carbocycles. The molecule has 0 amide bonds. The lowest BCUT2D eigenvalue weighted by atomic mass is 9.60. The molecule has 4 heteroatoms. The zero-order valence-electron chi connectivity index (χ0n) is 19.1. The number of piperidine rings is 1. The van der Waals surface area contributed by atoms with Crippen LogP contribution in [0.2, 0.25) is 0 Å². The van der Waals surface area contributed by atoms with Crippen molar-refractivity contribution >= 4 is 0 Å². The summed E-state index contributed by atoms with van der Waals surface area (Å²) in [6, 6.07) is 20.4. The average Bonchev–Trinajstić information content (AvgIpc) is 2.79. The van der Waals surface area contributed by atoms with Crippen LogP contribution in [0.1, 0.15) is 62.6 Å². The average molecular weight is 420 g/mol. The Hall–Kier alpha value is -1.88. The van der Waals surface area contributed by atoms with E-state index < -0.39 is 0 Å². The molecule has 2 aromatic rings. The van der Waals surface area contributed by atoms with E-state index in [0.717, 1.165) is 25.4 Å². The van der Waals surface area contributed by atoms with Gasteiger partial charge in [0.15, 0.2) is 0 Å². The van der Waals surface area contributed by atoms with Gasteiger partial charge in [-0.05, 0) is 73.4 Å². The van der Waals surface area contributed by atoms with Crippen molar-refractivity contribution in [1.29, 1.82) is 0 Å². The molecule has 166 valence electrons. The first-order chi connectivity index (χ1) is 15.1. The number of para-hydroxylation sites is 1. The topological polar surface area (TPSA) is 27.7 Å². The number of rotatable bonds is 5. The monoisotopic (exact) mass is 419 g/mol. The van der Waals surface area contributed by atoms with Crippen LogP contribution in [-0.2, 0) is 0 Å². The van der Waals surface area contributed by atoms with Crippen molar-refractivity contribution in [3.63, 3.8) is 0 Å². The summed E-state index contributed by atoms with van der Waals surface area (Å²) >= 11 is 0. The highest BCUT2D eigenvalue weighted by molar-refractivity contribution is 5.33. The Morgan fingerprint density at radius 2 is 1.65 bits per heavy atom. The molecule has 3 fully saturated rings. The maximum absolute atomic E-state index is 6.30. The molecule has 0 radical (unpaired) electrons. The Bertz CT molecular complexity index is 854. The minimum Gasteiger partial charge on any atom is -0.406 e. The molecule has 2 aromatic carbocycles. The number of nitrogens with one attached hydrogen (secondary N) is 1. The van der Waals surface area contributed by atoms with Gasteiger partial charge in [0.1, 0.15) is 5.75 Å². The van der Waals surface area contributed by atoms with Crippen LogP contribution in [-0.4, -0.2) is 48.7 Å². The molecular weight excluding hydrogens is 382 g/mol. The summed E-state index contributed by atoms with van der Waals surface area (Å²) in [4.78, 5) is 9.11. The van der Waals surface area contributed by atoms with Gasteiger partial charge < -0.3 is 10.2 Å². The summed E-state index contributed by atoms with van der Waals surface area (Å²) in [6.45, 7) is 9.98. The first-order valence-corrected chi connectivity index (χ1v) is 12.2. The van der Waals surface area contributed by atoms with Crippen LogP contribution < -0.4 is 10.2 Å². The lowest BCUT2D eigenvalue weighted by Gasteiger charge is -2.57. The van der Waals surface area contributed by atoms with E-state index in [1.165, 1.54) is 49.9 Å². The van der Waals surface area contributed by atoms with Crippen LogP contribution in [0.3, 0.4) is 0 Å². The molecule has 1 unspecified atom stereocenters. The van der Waals surface area contributed by atoms with E-state index in [9.17, 15) is 0 Å². The third kappa shape index (κ3) is 4.39. The maximum atomic E-state index is 6.30. The van der Waals surface area contributed by atoms with E-state index in [2.05, 4.69) is 65.5 Å². The van der Waals surface area contributed by atoms with E-state index >= 15 is 0 Å². The quantitative estimate of drug-likeness (QED) is 0.738. The first kappa shape index (κ1) is 21.0. The summed E-state index contributed by atoms with van der Waals surface area (Å²) in [5.74, 6) is 1.46. The molecule has 1 spiro atoms. The van der Waals surface area contributed by atoms with Gasteiger partial charge in [-0.2, -0.15) is 0 Å². The predicted octanol–water partition coefficient (Wildman–Crippen LogP) is 4.99. The Morgan fingerprint density at radius 3 is 2.39 bits per heavy atom. The van der Waals surface area contributed by atoms with Gasteiger partial charge in [0.25, 0.3) is 0 Å². The van der Waals surface area contributed by atoms with E-state index in [1.54, 1.807) is 0 Å². The van der Waals surface area contributed by atoms with Crippen LogP contribution in [0.25, 0.3) is 0 Å². The Kier molecular flexibility index (Phi) is 6.05. The van der Waals surface area contributed by atoms with Gasteiger partial charge in [-0.25, -0.2) is 0 Å². The minimum absolute atomic E-state index is 0.389. The van der Waals surface area contributed by atoms with Crippen molar-refractivity contribution in [3.8, 4) is 5.75 Å². The zero-order chi connectivity index (χ0) is 21.3. The molecule has 0 aromatic heterocycles. The molecule has 4 nitrogen and oxygen atoms in total. The second-order valence-corrected chi connectivity index (χ2v) is 10.1. The smallest absolute Gasteiger partial charge is 0.147 e. The van der Waals surface area contributed by atoms with Crippen molar-refractivity contribution in [2.45, 2.75) is 57.5 Å². The first-order valence-electron chi connectivity index (χ1n) is 12.2. The van der Waals surface area contributed by atoms with Gasteiger partial charge in [0.2, 0.25) is 0 Å². The van der Waals surface area contributed by atoms with Gasteiger partial charge in [-0.15, -0.1) is 5.06 Å². The van der Waals surface area contributed by atoms with Crippen LogP contribution in [0.4, 0.5) is 0 Å². The molecule has 31 heavy (non-hydrogen) atoms. The van der Waals surface area contributed by atoms with E-state index in [-0.39, 0.29) is 0 Å². The van der Waals surface area contributed by atoms with Gasteiger partial charge in [-0.1, -0.05) is 56.3 Å². The number of hydrogen-bond acceptors (Lipinski definition) is 4. The second-order valence-electron chi connectivity index (χ2n) is 10.1. The fourth-order valence-corrected chi connectivity index (χ4v) is 6.08. The number of nitrogens with zero attached hydrogens (tertiary/aromatic N) is 2. The Balaban J connectivity index is 1.37. The number of benzene rings is 2. The summed E-state index contributed by atoms with van der Waals surface area (Å²) in [5.41, 5.74) is 3.58. The number of hydrogen-bond donors (Lipinski definition) is 1. The Morgan fingerprint density at radius 1 is 0.935 bits per heavy atom. The highest BCUT2D eigenvalue weighted by Gasteiger charge is 2.49. The Labute approximate surface area is 187 Å². The van der Waals surface area contributed by atoms with Crippen LogP contribution in [0, 0.1) is 5.41 Å². The van der Waals surface area contributed by atoms with Gasteiger partial charge in [-0.3, -0.25) is 4.90 Å². The molecule has 2 saturated heterocycles. The highest BCUT2D eigenvalue weighted by atomic mass is 16.7. The van der Waals surface area contributed by atoms with E-state index in [4.69, 9.17) is 4.84 Å². The van der Waals surface area contributed by atoms with Gasteiger partial charge in [0, 0.05) is 19.1 Å². The molecule has 1 atom stereocenters. The standard InChI is InChI=1S/C27H37N3O/c1-21(2)24-10-6-7-11-25(24)26-20-29(31-23-8-4-3-5-9-23)16-17-30(26)22-18-27(19-22)12-14-28-15-13-27/h3-11,21-22,26,28H,12-20H2,1-2H3. The summed E-state index contributed by atoms with van der Waals surface area (Å²) in [6.07, 6.45) is 5.45. The number of hydroxylamine groups is 2. The molecule has 2 heterocycles. The van der Waals surface area contributed by atoms with Crippen LogP contribution in [0.5, 0.6) is 5.75 Å². The van der Waals surface area contributed by atoms with Gasteiger partial charge in [0.05, 0.1) is 12.6 Å². The van der Waals surface area contributed by atoms with E-state index in [0.29, 0.717) is 23.4 Å². The summed E-state index contributed by atoms with van der Waals surface area (Å²) in [7, 11) is 0. The molecule has 5 rings (SSSR count). The molecular formula is C27H37N3O. The molecule has 0 bridgehead atoms. The fourth-order valence-electron chi connectivity index (χ4n) is 6.08. The lowest BCUT2D eigenvalue weighted by Crippen LogP contribution is -2.60. The number of piperazine rings is 1. The van der Waals surface area contributed by atoms with Crippen LogP contribution >= 0.6 is 0 Å². The van der Waals surface area contributed by atoms with Crippen molar-refractivity contribution in [2.75, 3.05) is 32.7 Å². The molecule has 1 saturated carbocycles. The van der Waals surface area contributed by atoms with Crippen molar-refractivity contribution in [3.05, 3.63) is 65.7 Å². The highest BCUT2D eigenvalue weighted by Crippen LogP contribution is 2.52. The molecule has 2 aliphatic heterocycles. The second kappa shape index (κ2) is 8.93. The maximum Gasteiger partial charge on any atom is 0.147 e. The van der Waals surface area contributed by atoms with Crippen molar-refractivity contribution in [2.24, 2.45) is 5.41 Å². The zero-order valence-corrected chi connectivity index (χ0v) is 19.1. The predicted molar refractivity (Wildman–Crippen MR) is 126 cm³/mol. The van der Waals surface area contributed by atoms with Crippen molar-refractivity contribution < 1.29 is 4.84 Å².